The average Bonchev–Trinajstić information content (AvgIpc) is 3.02. The summed E-state index contributed by atoms with van der Waals surface area (Å²) in [6, 6.07) is 6.10. The van der Waals surface area contributed by atoms with Crippen LogP contribution in [0.15, 0.2) is 36.7 Å². The molecule has 2 aromatic rings. The normalized spacial score (nSPS) is 17.8. The predicted molar refractivity (Wildman–Crippen MR) is 87.0 cm³/mol. The standard InChI is InChI=1S/C17H21FN4O2/c1-21-9-8-20-17(21)14-12-19-7-10-22(14)16(23)6-11-24-15-5-3-2-4-13(15)18/h2-5,8-9,14,19H,6-7,10-12H2,1H3. The first-order chi connectivity index (χ1) is 11.7. The Hall–Kier alpha value is -2.41. The fourth-order valence-electron chi connectivity index (χ4n) is 2.89. The van der Waals surface area contributed by atoms with Crippen molar-refractivity contribution in [2.24, 2.45) is 7.05 Å². The third-order valence-electron chi connectivity index (χ3n) is 4.13. The van der Waals surface area contributed by atoms with Crippen molar-refractivity contribution in [3.63, 3.8) is 0 Å². The van der Waals surface area contributed by atoms with Gasteiger partial charge in [-0.25, -0.2) is 9.37 Å². The SMILES string of the molecule is Cn1ccnc1C1CNCCN1C(=O)CCOc1ccccc1F. The molecular formula is C17H21FN4O2. The van der Waals surface area contributed by atoms with E-state index in [-0.39, 0.29) is 30.7 Å². The van der Waals surface area contributed by atoms with E-state index in [1.54, 1.807) is 24.4 Å². The molecule has 1 aromatic heterocycles. The average molecular weight is 332 g/mol. The first-order valence-electron chi connectivity index (χ1n) is 8.01. The van der Waals surface area contributed by atoms with E-state index in [4.69, 9.17) is 4.74 Å². The number of carbonyl (C=O) groups excluding carboxylic acids is 1. The Morgan fingerprint density at radius 1 is 1.46 bits per heavy atom. The lowest BCUT2D eigenvalue weighted by Gasteiger charge is -2.35. The van der Waals surface area contributed by atoms with Crippen molar-refractivity contribution in [3.05, 3.63) is 48.3 Å². The largest absolute Gasteiger partial charge is 0.490 e. The highest BCUT2D eigenvalue weighted by molar-refractivity contribution is 5.77. The predicted octanol–water partition coefficient (Wildman–Crippen LogP) is 1.50. The van der Waals surface area contributed by atoms with Crippen LogP contribution >= 0.6 is 0 Å². The molecule has 0 spiro atoms. The third kappa shape index (κ3) is 3.56. The van der Waals surface area contributed by atoms with Crippen LogP contribution in [0.4, 0.5) is 4.39 Å². The molecule has 1 amide bonds. The Morgan fingerprint density at radius 2 is 2.29 bits per heavy atom. The lowest BCUT2D eigenvalue weighted by molar-refractivity contribution is -0.135. The Morgan fingerprint density at radius 3 is 3.04 bits per heavy atom. The second-order valence-corrected chi connectivity index (χ2v) is 5.73. The second kappa shape index (κ2) is 7.44. The van der Waals surface area contributed by atoms with E-state index in [1.807, 2.05) is 22.7 Å². The van der Waals surface area contributed by atoms with Crippen molar-refractivity contribution in [2.75, 3.05) is 26.2 Å². The molecule has 6 nitrogen and oxygen atoms in total. The summed E-state index contributed by atoms with van der Waals surface area (Å²) < 4.78 is 20.8. The van der Waals surface area contributed by atoms with Crippen LogP contribution in [-0.4, -0.2) is 46.6 Å². The van der Waals surface area contributed by atoms with Gasteiger partial charge in [-0.15, -0.1) is 0 Å². The van der Waals surface area contributed by atoms with E-state index >= 15 is 0 Å². The summed E-state index contributed by atoms with van der Waals surface area (Å²) in [5.74, 6) is 0.593. The van der Waals surface area contributed by atoms with Crippen LogP contribution in [-0.2, 0) is 11.8 Å². The molecule has 1 aromatic carbocycles. The minimum Gasteiger partial charge on any atom is -0.490 e. The van der Waals surface area contributed by atoms with Gasteiger partial charge in [-0.2, -0.15) is 0 Å². The summed E-state index contributed by atoms with van der Waals surface area (Å²) in [5, 5.41) is 3.30. The number of rotatable bonds is 5. The number of amides is 1. The van der Waals surface area contributed by atoms with Gasteiger partial charge in [0, 0.05) is 39.1 Å². The Bertz CT molecular complexity index is 703. The molecule has 1 unspecified atom stereocenters. The van der Waals surface area contributed by atoms with Crippen molar-refractivity contribution >= 4 is 5.91 Å². The summed E-state index contributed by atoms with van der Waals surface area (Å²) in [6.07, 6.45) is 3.80. The number of imidazole rings is 1. The lowest BCUT2D eigenvalue weighted by Crippen LogP contribution is -2.49. The summed E-state index contributed by atoms with van der Waals surface area (Å²) in [7, 11) is 1.92. The maximum atomic E-state index is 13.5. The first kappa shape index (κ1) is 16.4. The van der Waals surface area contributed by atoms with E-state index in [2.05, 4.69) is 10.3 Å². The molecule has 3 rings (SSSR count). The van der Waals surface area contributed by atoms with Crippen LogP contribution in [0.2, 0.25) is 0 Å². The lowest BCUT2D eigenvalue weighted by atomic mass is 10.1. The molecule has 2 heterocycles. The minimum atomic E-state index is -0.419. The van der Waals surface area contributed by atoms with Gasteiger partial charge in [0.2, 0.25) is 5.91 Å². The van der Waals surface area contributed by atoms with E-state index in [0.29, 0.717) is 13.1 Å². The molecule has 1 saturated heterocycles. The number of aryl methyl sites for hydroxylation is 1. The maximum absolute atomic E-state index is 13.5. The molecule has 0 bridgehead atoms. The van der Waals surface area contributed by atoms with Gasteiger partial charge in [-0.1, -0.05) is 12.1 Å². The van der Waals surface area contributed by atoms with Gasteiger partial charge in [-0.05, 0) is 12.1 Å². The third-order valence-corrected chi connectivity index (χ3v) is 4.13. The molecule has 0 saturated carbocycles. The van der Waals surface area contributed by atoms with Crippen molar-refractivity contribution in [3.8, 4) is 5.75 Å². The van der Waals surface area contributed by atoms with E-state index in [1.165, 1.54) is 6.07 Å². The van der Waals surface area contributed by atoms with Gasteiger partial charge in [-0.3, -0.25) is 4.79 Å². The van der Waals surface area contributed by atoms with Gasteiger partial charge in [0.25, 0.3) is 0 Å². The highest BCUT2D eigenvalue weighted by Gasteiger charge is 2.30. The monoisotopic (exact) mass is 332 g/mol. The van der Waals surface area contributed by atoms with E-state index < -0.39 is 5.82 Å². The van der Waals surface area contributed by atoms with Crippen molar-refractivity contribution in [1.29, 1.82) is 0 Å². The number of para-hydroxylation sites is 1. The second-order valence-electron chi connectivity index (χ2n) is 5.73. The van der Waals surface area contributed by atoms with Crippen LogP contribution in [0.3, 0.4) is 0 Å². The van der Waals surface area contributed by atoms with E-state index in [0.717, 1.165) is 12.4 Å². The number of aromatic nitrogens is 2. The number of halogens is 1. The summed E-state index contributed by atoms with van der Waals surface area (Å²) in [5.41, 5.74) is 0. The highest BCUT2D eigenvalue weighted by Crippen LogP contribution is 2.21. The molecule has 24 heavy (non-hydrogen) atoms. The number of hydrogen-bond donors (Lipinski definition) is 1. The van der Waals surface area contributed by atoms with E-state index in [9.17, 15) is 9.18 Å². The molecule has 0 radical (unpaired) electrons. The van der Waals surface area contributed by atoms with Gasteiger partial charge in [0.05, 0.1) is 13.0 Å². The van der Waals surface area contributed by atoms with Crippen LogP contribution < -0.4 is 10.1 Å². The van der Waals surface area contributed by atoms with Gasteiger partial charge >= 0.3 is 0 Å². The number of carbonyl (C=O) groups is 1. The number of nitrogens with zero attached hydrogens (tertiary/aromatic N) is 3. The molecular weight excluding hydrogens is 311 g/mol. The van der Waals surface area contributed by atoms with Crippen molar-refractivity contribution in [1.82, 2.24) is 19.8 Å². The summed E-state index contributed by atoms with van der Waals surface area (Å²) in [6.45, 7) is 2.19. The van der Waals surface area contributed by atoms with Crippen LogP contribution in [0.5, 0.6) is 5.75 Å². The number of ether oxygens (including phenoxy) is 1. The van der Waals surface area contributed by atoms with Gasteiger partial charge in [0.15, 0.2) is 11.6 Å². The number of piperazine rings is 1. The number of benzene rings is 1. The zero-order valence-corrected chi connectivity index (χ0v) is 13.6. The molecule has 1 N–H and O–H groups in total. The molecule has 128 valence electrons. The molecule has 7 heteroatoms. The van der Waals surface area contributed by atoms with Gasteiger partial charge < -0.3 is 19.5 Å². The zero-order valence-electron chi connectivity index (χ0n) is 13.6. The molecule has 0 aliphatic carbocycles. The fraction of sp³-hybridized carbons (Fsp3) is 0.412. The van der Waals surface area contributed by atoms with Crippen LogP contribution in [0, 0.1) is 5.82 Å². The quantitative estimate of drug-likeness (QED) is 0.901. The highest BCUT2D eigenvalue weighted by atomic mass is 19.1. The number of hydrogen-bond acceptors (Lipinski definition) is 4. The maximum Gasteiger partial charge on any atom is 0.226 e. The van der Waals surface area contributed by atoms with Crippen molar-refractivity contribution < 1.29 is 13.9 Å². The first-order valence-corrected chi connectivity index (χ1v) is 8.01. The Labute approximate surface area is 140 Å². The zero-order chi connectivity index (χ0) is 16.9. The van der Waals surface area contributed by atoms with Crippen LogP contribution in [0.25, 0.3) is 0 Å². The van der Waals surface area contributed by atoms with Crippen LogP contribution in [0.1, 0.15) is 18.3 Å². The summed E-state index contributed by atoms with van der Waals surface area (Å²) in [4.78, 5) is 18.8. The summed E-state index contributed by atoms with van der Waals surface area (Å²) >= 11 is 0. The molecule has 1 aliphatic heterocycles. The minimum absolute atomic E-state index is 0.0131. The molecule has 1 aliphatic rings. The Kier molecular flexibility index (Phi) is 5.10. The molecule has 1 atom stereocenters. The Balaban J connectivity index is 1.60. The van der Waals surface area contributed by atoms with Crippen molar-refractivity contribution in [2.45, 2.75) is 12.5 Å². The molecule has 1 fully saturated rings. The topological polar surface area (TPSA) is 59.4 Å². The smallest absolute Gasteiger partial charge is 0.226 e. The fourth-order valence-corrected chi connectivity index (χ4v) is 2.89. The number of nitrogens with one attached hydrogen (secondary N) is 1. The van der Waals surface area contributed by atoms with Gasteiger partial charge in [0.1, 0.15) is 11.9 Å².